The van der Waals surface area contributed by atoms with Crippen molar-refractivity contribution < 1.29 is 19.4 Å². The smallest absolute Gasteiger partial charge is 0.308 e. The zero-order chi connectivity index (χ0) is 22.0. The van der Waals surface area contributed by atoms with Crippen molar-refractivity contribution in [2.24, 2.45) is 5.92 Å². The van der Waals surface area contributed by atoms with Gasteiger partial charge in [0.2, 0.25) is 0 Å². The summed E-state index contributed by atoms with van der Waals surface area (Å²) >= 11 is 6.37. The highest BCUT2D eigenvalue weighted by atomic mass is 35.5. The predicted octanol–water partition coefficient (Wildman–Crippen LogP) is 4.65. The molecule has 1 saturated heterocycles. The van der Waals surface area contributed by atoms with Crippen molar-refractivity contribution in [3.63, 3.8) is 0 Å². The molecule has 1 aliphatic heterocycles. The second-order valence-corrected chi connectivity index (χ2v) is 8.15. The fourth-order valence-electron chi connectivity index (χ4n) is 4.01. The van der Waals surface area contributed by atoms with E-state index in [1.54, 1.807) is 24.1 Å². The van der Waals surface area contributed by atoms with Crippen LogP contribution in [0.4, 0.5) is 0 Å². The van der Waals surface area contributed by atoms with Gasteiger partial charge in [-0.2, -0.15) is 0 Å². The lowest BCUT2D eigenvalue weighted by molar-refractivity contribution is -0.147. The van der Waals surface area contributed by atoms with Gasteiger partial charge in [0.15, 0.2) is 6.10 Å². The molecule has 2 heterocycles. The second-order valence-electron chi connectivity index (χ2n) is 7.74. The fourth-order valence-corrected chi connectivity index (χ4v) is 4.24. The number of carbonyl (C=O) groups is 2. The Bertz CT molecular complexity index is 1130. The van der Waals surface area contributed by atoms with E-state index in [0.29, 0.717) is 30.2 Å². The van der Waals surface area contributed by atoms with Crippen LogP contribution < -0.4 is 4.74 Å². The first-order valence-corrected chi connectivity index (χ1v) is 10.6. The highest BCUT2D eigenvalue weighted by Crippen LogP contribution is 2.34. The molecule has 0 spiro atoms. The van der Waals surface area contributed by atoms with Crippen molar-refractivity contribution in [2.75, 3.05) is 13.1 Å². The van der Waals surface area contributed by atoms with Gasteiger partial charge in [0.1, 0.15) is 5.75 Å². The molecule has 2 atom stereocenters. The highest BCUT2D eigenvalue weighted by molar-refractivity contribution is 6.33. The SMILES string of the molecule is C[C@@H](Oc1ccc2c(-c3ccccc3Cl)ccnc2c1)C(=O)N1CCC[C@H](C(=O)O)C1. The van der Waals surface area contributed by atoms with Gasteiger partial charge in [0.05, 0.1) is 11.4 Å². The minimum absolute atomic E-state index is 0.205. The lowest BCUT2D eigenvalue weighted by Crippen LogP contribution is -2.47. The molecular formula is C24H23ClN2O4. The third kappa shape index (κ3) is 4.49. The molecule has 2 aromatic carbocycles. The van der Waals surface area contributed by atoms with Gasteiger partial charge in [-0.25, -0.2) is 0 Å². The summed E-state index contributed by atoms with van der Waals surface area (Å²) in [5.74, 6) is -1.05. The maximum atomic E-state index is 12.8. The molecule has 160 valence electrons. The van der Waals surface area contributed by atoms with Gasteiger partial charge in [-0.1, -0.05) is 29.8 Å². The Morgan fingerprint density at radius 1 is 1.19 bits per heavy atom. The monoisotopic (exact) mass is 438 g/mol. The molecule has 0 radical (unpaired) electrons. The van der Waals surface area contributed by atoms with E-state index in [4.69, 9.17) is 16.3 Å². The minimum Gasteiger partial charge on any atom is -0.481 e. The Morgan fingerprint density at radius 3 is 2.77 bits per heavy atom. The summed E-state index contributed by atoms with van der Waals surface area (Å²) in [6, 6.07) is 15.1. The van der Waals surface area contributed by atoms with Crippen LogP contribution >= 0.6 is 11.6 Å². The van der Waals surface area contributed by atoms with Crippen LogP contribution in [-0.2, 0) is 9.59 Å². The molecule has 1 fully saturated rings. The zero-order valence-corrected chi connectivity index (χ0v) is 17.9. The van der Waals surface area contributed by atoms with Crippen molar-refractivity contribution in [3.8, 4) is 16.9 Å². The first kappa shape index (κ1) is 21.1. The van der Waals surface area contributed by atoms with Crippen LogP contribution in [0.1, 0.15) is 19.8 Å². The van der Waals surface area contributed by atoms with Crippen LogP contribution in [-0.4, -0.2) is 46.1 Å². The summed E-state index contributed by atoms with van der Waals surface area (Å²) in [5, 5.41) is 10.8. The number of halogens is 1. The lowest BCUT2D eigenvalue weighted by Gasteiger charge is -2.32. The van der Waals surface area contributed by atoms with Gasteiger partial charge in [-0.05, 0) is 49.6 Å². The van der Waals surface area contributed by atoms with Crippen LogP contribution in [0.2, 0.25) is 5.02 Å². The largest absolute Gasteiger partial charge is 0.481 e. The summed E-state index contributed by atoms with van der Waals surface area (Å²) in [5.41, 5.74) is 2.63. The number of hydrogen-bond acceptors (Lipinski definition) is 4. The molecule has 7 heteroatoms. The Hall–Kier alpha value is -3.12. The van der Waals surface area contributed by atoms with Crippen LogP contribution in [0.25, 0.3) is 22.0 Å². The number of carbonyl (C=O) groups excluding carboxylic acids is 1. The van der Waals surface area contributed by atoms with Gasteiger partial charge in [0, 0.05) is 41.3 Å². The number of piperidine rings is 1. The van der Waals surface area contributed by atoms with Gasteiger partial charge in [-0.15, -0.1) is 0 Å². The molecule has 4 rings (SSSR count). The zero-order valence-electron chi connectivity index (χ0n) is 17.1. The van der Waals surface area contributed by atoms with E-state index < -0.39 is 18.0 Å². The van der Waals surface area contributed by atoms with Gasteiger partial charge in [0.25, 0.3) is 5.91 Å². The molecule has 31 heavy (non-hydrogen) atoms. The molecule has 0 aliphatic carbocycles. The summed E-state index contributed by atoms with van der Waals surface area (Å²) in [6.45, 7) is 2.46. The van der Waals surface area contributed by atoms with E-state index in [1.165, 1.54) is 0 Å². The third-order valence-electron chi connectivity index (χ3n) is 5.62. The Balaban J connectivity index is 1.53. The number of carboxylic acids is 1. The predicted molar refractivity (Wildman–Crippen MR) is 119 cm³/mol. The second kappa shape index (κ2) is 8.94. The molecule has 6 nitrogen and oxygen atoms in total. The maximum Gasteiger partial charge on any atom is 0.308 e. The molecule has 1 N–H and O–H groups in total. The minimum atomic E-state index is -0.860. The number of rotatable bonds is 5. The number of hydrogen-bond donors (Lipinski definition) is 1. The highest BCUT2D eigenvalue weighted by Gasteiger charge is 2.31. The molecule has 1 aliphatic rings. The van der Waals surface area contributed by atoms with Gasteiger partial charge < -0.3 is 14.7 Å². The standard InChI is InChI=1S/C24H23ClN2O4/c1-15(23(28)27-12-4-5-16(14-27)24(29)30)31-17-8-9-20-18(10-11-26-22(20)13-17)19-6-2-3-7-21(19)25/h2-3,6-11,13,15-16H,4-5,12,14H2,1H3,(H,29,30)/t15-,16+/m1/s1. The molecule has 0 saturated carbocycles. The van der Waals surface area contributed by atoms with Crippen LogP contribution in [0, 0.1) is 5.92 Å². The molecule has 1 aromatic heterocycles. The van der Waals surface area contributed by atoms with Crippen molar-refractivity contribution >= 4 is 34.4 Å². The molecule has 0 unspecified atom stereocenters. The normalized spacial score (nSPS) is 17.4. The van der Waals surface area contributed by atoms with E-state index in [1.807, 2.05) is 42.5 Å². The molecule has 3 aromatic rings. The number of likely N-dealkylation sites (tertiary alicyclic amines) is 1. The summed E-state index contributed by atoms with van der Waals surface area (Å²) < 4.78 is 5.90. The van der Waals surface area contributed by atoms with Crippen LogP contribution in [0.5, 0.6) is 5.75 Å². The van der Waals surface area contributed by atoms with Gasteiger partial charge >= 0.3 is 5.97 Å². The molecule has 0 bridgehead atoms. The number of aromatic nitrogens is 1. The molecular weight excluding hydrogens is 416 g/mol. The van der Waals surface area contributed by atoms with Crippen molar-refractivity contribution in [3.05, 3.63) is 59.8 Å². The molecule has 1 amide bonds. The Morgan fingerprint density at radius 2 is 2.00 bits per heavy atom. The van der Waals surface area contributed by atoms with E-state index in [-0.39, 0.29) is 12.5 Å². The maximum absolute atomic E-state index is 12.8. The van der Waals surface area contributed by atoms with E-state index >= 15 is 0 Å². The van der Waals surface area contributed by atoms with E-state index in [0.717, 1.165) is 22.0 Å². The lowest BCUT2D eigenvalue weighted by atomic mass is 9.98. The summed E-state index contributed by atoms with van der Waals surface area (Å²) in [4.78, 5) is 30.1. The Kier molecular flexibility index (Phi) is 6.09. The average Bonchev–Trinajstić information content (AvgIpc) is 2.78. The van der Waals surface area contributed by atoms with Crippen molar-refractivity contribution in [1.82, 2.24) is 9.88 Å². The summed E-state index contributed by atoms with van der Waals surface area (Å²) in [7, 11) is 0. The summed E-state index contributed by atoms with van der Waals surface area (Å²) in [6.07, 6.45) is 2.27. The van der Waals surface area contributed by atoms with Gasteiger partial charge in [-0.3, -0.25) is 14.6 Å². The van der Waals surface area contributed by atoms with Crippen molar-refractivity contribution in [1.29, 1.82) is 0 Å². The topological polar surface area (TPSA) is 79.7 Å². The number of benzene rings is 2. The average molecular weight is 439 g/mol. The number of pyridine rings is 1. The Labute approximate surface area is 185 Å². The van der Waals surface area contributed by atoms with Crippen molar-refractivity contribution in [2.45, 2.75) is 25.9 Å². The number of carboxylic acid groups (broad SMARTS) is 1. The number of amides is 1. The van der Waals surface area contributed by atoms with Crippen LogP contribution in [0.3, 0.4) is 0 Å². The number of fused-ring (bicyclic) bond motifs is 1. The van der Waals surface area contributed by atoms with E-state index in [9.17, 15) is 14.7 Å². The number of aliphatic carboxylic acids is 1. The van der Waals surface area contributed by atoms with E-state index in [2.05, 4.69) is 4.98 Å². The fraction of sp³-hybridized carbons (Fsp3) is 0.292. The number of nitrogens with zero attached hydrogens (tertiary/aromatic N) is 2. The first-order valence-electron chi connectivity index (χ1n) is 10.3. The van der Waals surface area contributed by atoms with Crippen LogP contribution in [0.15, 0.2) is 54.7 Å². The number of ether oxygens (including phenoxy) is 1. The quantitative estimate of drug-likeness (QED) is 0.627. The third-order valence-corrected chi connectivity index (χ3v) is 5.95. The first-order chi connectivity index (χ1) is 14.9.